The number of unbranched alkanes of at least 4 members (excludes halogenated alkanes) is 1. The number of hydrogen-bond acceptors (Lipinski definition) is 2. The molecular weight excluding hydrogens is 188 g/mol. The highest BCUT2D eigenvalue weighted by atomic mass is 16.1. The Morgan fingerprint density at radius 1 is 1.53 bits per heavy atom. The Hall–Kier alpha value is -1.12. The van der Waals surface area contributed by atoms with Crippen LogP contribution in [0.3, 0.4) is 0 Å². The molecule has 0 fully saturated rings. The molecule has 0 saturated carbocycles. The SMILES string of the molecule is CCCCC(=O)Cc1ccn(C(C)C)n1. The average Bonchev–Trinajstić information content (AvgIpc) is 2.63. The topological polar surface area (TPSA) is 34.9 Å². The van der Waals surface area contributed by atoms with Crippen molar-refractivity contribution >= 4 is 5.78 Å². The molecule has 0 radical (unpaired) electrons. The third kappa shape index (κ3) is 3.86. The summed E-state index contributed by atoms with van der Waals surface area (Å²) in [4.78, 5) is 11.5. The van der Waals surface area contributed by atoms with Gasteiger partial charge < -0.3 is 0 Å². The minimum Gasteiger partial charge on any atom is -0.299 e. The van der Waals surface area contributed by atoms with Crippen molar-refractivity contribution in [2.45, 2.75) is 52.5 Å². The maximum Gasteiger partial charge on any atom is 0.138 e. The van der Waals surface area contributed by atoms with Gasteiger partial charge in [0.05, 0.1) is 12.1 Å². The van der Waals surface area contributed by atoms with Gasteiger partial charge in [-0.05, 0) is 26.3 Å². The van der Waals surface area contributed by atoms with E-state index in [0.717, 1.165) is 18.5 Å². The summed E-state index contributed by atoms with van der Waals surface area (Å²) in [6, 6.07) is 2.30. The Morgan fingerprint density at radius 2 is 2.27 bits per heavy atom. The van der Waals surface area contributed by atoms with E-state index in [1.807, 2.05) is 16.9 Å². The van der Waals surface area contributed by atoms with E-state index in [-0.39, 0.29) is 0 Å². The molecule has 0 spiro atoms. The summed E-state index contributed by atoms with van der Waals surface area (Å²) in [7, 11) is 0. The van der Waals surface area contributed by atoms with Crippen molar-refractivity contribution in [3.8, 4) is 0 Å². The number of carbonyl (C=O) groups is 1. The van der Waals surface area contributed by atoms with Crippen LogP contribution in [0.4, 0.5) is 0 Å². The highest BCUT2D eigenvalue weighted by Gasteiger charge is 2.07. The third-order valence-corrected chi connectivity index (χ3v) is 2.38. The monoisotopic (exact) mass is 208 g/mol. The fourth-order valence-corrected chi connectivity index (χ4v) is 1.42. The van der Waals surface area contributed by atoms with Gasteiger partial charge in [0.15, 0.2) is 0 Å². The molecule has 0 aliphatic carbocycles. The first-order valence-corrected chi connectivity index (χ1v) is 5.69. The van der Waals surface area contributed by atoms with Crippen molar-refractivity contribution in [2.75, 3.05) is 0 Å². The van der Waals surface area contributed by atoms with E-state index < -0.39 is 0 Å². The molecule has 1 aromatic rings. The van der Waals surface area contributed by atoms with Gasteiger partial charge >= 0.3 is 0 Å². The number of nitrogens with zero attached hydrogens (tertiary/aromatic N) is 2. The van der Waals surface area contributed by atoms with Crippen molar-refractivity contribution < 1.29 is 4.79 Å². The molecule has 0 amide bonds. The summed E-state index contributed by atoms with van der Waals surface area (Å²) in [5.41, 5.74) is 0.893. The minimum absolute atomic E-state index is 0.297. The second-order valence-corrected chi connectivity index (χ2v) is 4.20. The van der Waals surface area contributed by atoms with Gasteiger partial charge in [0.25, 0.3) is 0 Å². The molecule has 3 nitrogen and oxygen atoms in total. The van der Waals surface area contributed by atoms with Crippen LogP contribution in [0, 0.1) is 0 Å². The molecule has 0 bridgehead atoms. The normalized spacial score (nSPS) is 10.9. The van der Waals surface area contributed by atoms with Crippen molar-refractivity contribution in [2.24, 2.45) is 0 Å². The highest BCUT2D eigenvalue weighted by Crippen LogP contribution is 2.06. The Kier molecular flexibility index (Phi) is 4.53. The second kappa shape index (κ2) is 5.69. The van der Waals surface area contributed by atoms with E-state index in [4.69, 9.17) is 0 Å². The molecule has 0 atom stereocenters. The summed E-state index contributed by atoms with van der Waals surface area (Å²) >= 11 is 0. The lowest BCUT2D eigenvalue weighted by Gasteiger charge is -2.03. The lowest BCUT2D eigenvalue weighted by molar-refractivity contribution is -0.118. The highest BCUT2D eigenvalue weighted by molar-refractivity contribution is 5.80. The van der Waals surface area contributed by atoms with E-state index in [2.05, 4.69) is 25.9 Å². The molecule has 3 heteroatoms. The predicted octanol–water partition coefficient (Wildman–Crippen LogP) is 2.77. The van der Waals surface area contributed by atoms with Gasteiger partial charge in [-0.2, -0.15) is 5.10 Å². The Balaban J connectivity index is 2.46. The van der Waals surface area contributed by atoms with Crippen LogP contribution in [0.15, 0.2) is 12.3 Å². The molecule has 1 aromatic heterocycles. The Morgan fingerprint density at radius 3 is 2.80 bits per heavy atom. The number of rotatable bonds is 6. The number of aromatic nitrogens is 2. The van der Waals surface area contributed by atoms with E-state index in [1.54, 1.807) is 0 Å². The van der Waals surface area contributed by atoms with Crippen LogP contribution in [-0.2, 0) is 11.2 Å². The smallest absolute Gasteiger partial charge is 0.138 e. The maximum absolute atomic E-state index is 11.5. The first-order valence-electron chi connectivity index (χ1n) is 5.69. The van der Waals surface area contributed by atoms with Gasteiger partial charge in [-0.25, -0.2) is 0 Å². The Labute approximate surface area is 91.5 Å². The molecule has 0 unspecified atom stereocenters. The molecule has 84 valence electrons. The van der Waals surface area contributed by atoms with Gasteiger partial charge in [0, 0.05) is 18.7 Å². The lowest BCUT2D eigenvalue weighted by Crippen LogP contribution is -2.05. The zero-order valence-electron chi connectivity index (χ0n) is 9.86. The number of ketones is 1. The second-order valence-electron chi connectivity index (χ2n) is 4.20. The lowest BCUT2D eigenvalue weighted by atomic mass is 10.1. The number of Topliss-reactive ketones (excluding diaryl/α,β-unsaturated/α-hetero) is 1. The van der Waals surface area contributed by atoms with Crippen LogP contribution in [0.25, 0.3) is 0 Å². The minimum atomic E-state index is 0.297. The van der Waals surface area contributed by atoms with Gasteiger partial charge in [-0.3, -0.25) is 9.48 Å². The summed E-state index contributed by atoms with van der Waals surface area (Å²) < 4.78 is 1.89. The van der Waals surface area contributed by atoms with Crippen LogP contribution in [0.5, 0.6) is 0 Å². The van der Waals surface area contributed by atoms with Crippen LogP contribution in [0.1, 0.15) is 51.8 Å². The third-order valence-electron chi connectivity index (χ3n) is 2.38. The van der Waals surface area contributed by atoms with Crippen molar-refractivity contribution in [3.05, 3.63) is 18.0 Å². The first kappa shape index (κ1) is 12.0. The zero-order valence-corrected chi connectivity index (χ0v) is 9.86. The molecule has 0 aliphatic rings. The predicted molar refractivity (Wildman–Crippen MR) is 60.8 cm³/mol. The van der Waals surface area contributed by atoms with Crippen molar-refractivity contribution in [1.29, 1.82) is 0 Å². The largest absolute Gasteiger partial charge is 0.299 e. The molecule has 0 saturated heterocycles. The van der Waals surface area contributed by atoms with E-state index >= 15 is 0 Å². The average molecular weight is 208 g/mol. The molecule has 1 rings (SSSR count). The number of carbonyl (C=O) groups excluding carboxylic acids is 1. The van der Waals surface area contributed by atoms with E-state index in [9.17, 15) is 4.79 Å². The van der Waals surface area contributed by atoms with Crippen molar-refractivity contribution in [1.82, 2.24) is 9.78 Å². The van der Waals surface area contributed by atoms with Gasteiger partial charge in [0.2, 0.25) is 0 Å². The van der Waals surface area contributed by atoms with Gasteiger partial charge in [-0.15, -0.1) is 0 Å². The molecule has 0 aliphatic heterocycles. The molecule has 0 N–H and O–H groups in total. The molecule has 1 heterocycles. The molecular formula is C12H20N2O. The zero-order chi connectivity index (χ0) is 11.3. The summed E-state index contributed by atoms with van der Waals surface area (Å²) in [5, 5.41) is 4.35. The molecule has 15 heavy (non-hydrogen) atoms. The summed E-state index contributed by atoms with van der Waals surface area (Å²) in [5.74, 6) is 0.297. The summed E-state index contributed by atoms with van der Waals surface area (Å²) in [6.07, 6.45) is 5.17. The summed E-state index contributed by atoms with van der Waals surface area (Å²) in [6.45, 7) is 6.26. The van der Waals surface area contributed by atoms with E-state index in [0.29, 0.717) is 24.7 Å². The van der Waals surface area contributed by atoms with E-state index in [1.165, 1.54) is 0 Å². The fraction of sp³-hybridized carbons (Fsp3) is 0.667. The maximum atomic E-state index is 11.5. The Bertz CT molecular complexity index is 315. The van der Waals surface area contributed by atoms with Crippen molar-refractivity contribution in [3.63, 3.8) is 0 Å². The fourth-order valence-electron chi connectivity index (χ4n) is 1.42. The standard InChI is InChI=1S/C12H20N2O/c1-4-5-6-12(15)9-11-7-8-14(13-11)10(2)3/h7-8,10H,4-6,9H2,1-3H3. The van der Waals surface area contributed by atoms with Crippen LogP contribution in [-0.4, -0.2) is 15.6 Å². The molecule has 0 aromatic carbocycles. The van der Waals surface area contributed by atoms with Crippen LogP contribution >= 0.6 is 0 Å². The number of hydrogen-bond donors (Lipinski definition) is 0. The van der Waals surface area contributed by atoms with Crippen LogP contribution < -0.4 is 0 Å². The van der Waals surface area contributed by atoms with Gasteiger partial charge in [0.1, 0.15) is 5.78 Å². The quantitative estimate of drug-likeness (QED) is 0.720. The van der Waals surface area contributed by atoms with Gasteiger partial charge in [-0.1, -0.05) is 13.3 Å². The van der Waals surface area contributed by atoms with Crippen LogP contribution in [0.2, 0.25) is 0 Å². The first-order chi connectivity index (χ1) is 7.13.